The first-order valence-electron chi connectivity index (χ1n) is 5.07. The lowest BCUT2D eigenvalue weighted by atomic mass is 10.2. The van der Waals surface area contributed by atoms with Crippen LogP contribution in [0.2, 0.25) is 0 Å². The highest BCUT2D eigenvalue weighted by Gasteiger charge is 2.10. The van der Waals surface area contributed by atoms with Gasteiger partial charge in [-0.2, -0.15) is 0 Å². The molecule has 0 aromatic heterocycles. The Bertz CT molecular complexity index is 397. The fourth-order valence-electron chi connectivity index (χ4n) is 1.08. The molecule has 0 saturated carbocycles. The third kappa shape index (κ3) is 5.71. The van der Waals surface area contributed by atoms with E-state index in [-0.39, 0.29) is 12.5 Å². The maximum absolute atomic E-state index is 11.4. The summed E-state index contributed by atoms with van der Waals surface area (Å²) in [7, 11) is 1.44. The van der Waals surface area contributed by atoms with Crippen molar-refractivity contribution in [2.45, 2.75) is 13.8 Å². The molecule has 0 atom stereocenters. The minimum absolute atomic E-state index is 0.0539. The number of nitrogens with zero attached hydrogens (tertiary/aromatic N) is 1. The van der Waals surface area contributed by atoms with E-state index in [9.17, 15) is 4.79 Å². The molecule has 17 heavy (non-hydrogen) atoms. The lowest BCUT2D eigenvalue weighted by molar-refractivity contribution is -0.133. The number of hydrogen-bond donors (Lipinski definition) is 1. The van der Waals surface area contributed by atoms with Gasteiger partial charge in [-0.1, -0.05) is 18.6 Å². The molecule has 0 aromatic carbocycles. The molecular weight excluding hydrogens is 216 g/mol. The maximum atomic E-state index is 11.4. The SMILES string of the molecule is C=C/C=C(C#CC)\C=C(/C)N(N)C(=O)COC. The van der Waals surface area contributed by atoms with Crippen molar-refractivity contribution in [1.29, 1.82) is 0 Å². The first-order valence-corrected chi connectivity index (χ1v) is 5.07. The van der Waals surface area contributed by atoms with E-state index in [1.54, 1.807) is 32.1 Å². The number of ether oxygens (including phenoxy) is 1. The molecule has 0 bridgehead atoms. The fraction of sp³-hybridized carbons (Fsp3) is 0.308. The molecule has 2 N–H and O–H groups in total. The molecule has 0 aliphatic heterocycles. The van der Waals surface area contributed by atoms with Crippen molar-refractivity contribution in [2.24, 2.45) is 5.84 Å². The molecule has 0 unspecified atom stereocenters. The van der Waals surface area contributed by atoms with Crippen LogP contribution >= 0.6 is 0 Å². The second-order valence-corrected chi connectivity index (χ2v) is 3.22. The maximum Gasteiger partial charge on any atom is 0.266 e. The van der Waals surface area contributed by atoms with Gasteiger partial charge in [0.2, 0.25) is 0 Å². The molecule has 4 heteroatoms. The minimum atomic E-state index is -0.316. The number of amides is 1. The van der Waals surface area contributed by atoms with Gasteiger partial charge in [0.1, 0.15) is 6.61 Å². The highest BCUT2D eigenvalue weighted by Crippen LogP contribution is 2.05. The standard InChI is InChI=1S/C13H18N2O2/c1-5-7-12(8-6-2)9-11(3)15(14)13(16)10-17-4/h5,7,9H,1,10,14H2,2-4H3/b11-9+,12-7-. The summed E-state index contributed by atoms with van der Waals surface area (Å²) in [6.45, 7) is 7.00. The Kier molecular flexibility index (Phi) is 7.44. The Labute approximate surface area is 102 Å². The van der Waals surface area contributed by atoms with Gasteiger partial charge in [-0.05, 0) is 26.0 Å². The average molecular weight is 234 g/mol. The predicted octanol–water partition coefficient (Wildman–Crippen LogP) is 1.37. The lowest BCUT2D eigenvalue weighted by Gasteiger charge is -2.16. The van der Waals surface area contributed by atoms with Crippen molar-refractivity contribution in [1.82, 2.24) is 5.01 Å². The van der Waals surface area contributed by atoms with Crippen molar-refractivity contribution in [2.75, 3.05) is 13.7 Å². The third-order valence-corrected chi connectivity index (χ3v) is 1.85. The van der Waals surface area contributed by atoms with E-state index in [2.05, 4.69) is 18.4 Å². The van der Waals surface area contributed by atoms with Gasteiger partial charge >= 0.3 is 0 Å². The van der Waals surface area contributed by atoms with Gasteiger partial charge in [-0.25, -0.2) is 5.84 Å². The summed E-state index contributed by atoms with van der Waals surface area (Å²) in [6, 6.07) is 0. The van der Waals surface area contributed by atoms with Gasteiger partial charge in [-0.3, -0.25) is 9.80 Å². The Balaban J connectivity index is 4.91. The van der Waals surface area contributed by atoms with Crippen LogP contribution in [0, 0.1) is 11.8 Å². The molecule has 1 amide bonds. The van der Waals surface area contributed by atoms with Crippen molar-refractivity contribution in [3.05, 3.63) is 36.1 Å². The summed E-state index contributed by atoms with van der Waals surface area (Å²) in [5.41, 5.74) is 1.32. The first-order chi connectivity index (χ1) is 8.06. The van der Waals surface area contributed by atoms with E-state index < -0.39 is 0 Å². The van der Waals surface area contributed by atoms with Crippen LogP contribution in [0.1, 0.15) is 13.8 Å². The summed E-state index contributed by atoms with van der Waals surface area (Å²) in [5.74, 6) is 11.0. The number of methoxy groups -OCH3 is 1. The van der Waals surface area contributed by atoms with Crippen LogP contribution in [0.15, 0.2) is 36.1 Å². The quantitative estimate of drug-likeness (QED) is 0.257. The Morgan fingerprint density at radius 2 is 2.24 bits per heavy atom. The second-order valence-electron chi connectivity index (χ2n) is 3.22. The number of hydrogen-bond acceptors (Lipinski definition) is 3. The normalized spacial score (nSPS) is 11.5. The fourth-order valence-corrected chi connectivity index (χ4v) is 1.08. The molecule has 4 nitrogen and oxygen atoms in total. The zero-order chi connectivity index (χ0) is 13.3. The summed E-state index contributed by atoms with van der Waals surface area (Å²) < 4.78 is 4.72. The summed E-state index contributed by atoms with van der Waals surface area (Å²) in [5, 5.41) is 1.04. The molecule has 0 radical (unpaired) electrons. The van der Waals surface area contributed by atoms with Crippen molar-refractivity contribution < 1.29 is 9.53 Å². The van der Waals surface area contributed by atoms with Crippen LogP contribution in [0.25, 0.3) is 0 Å². The van der Waals surface area contributed by atoms with E-state index in [1.165, 1.54) is 7.11 Å². The van der Waals surface area contributed by atoms with Crippen LogP contribution in [-0.4, -0.2) is 24.6 Å². The first kappa shape index (κ1) is 15.2. The van der Waals surface area contributed by atoms with E-state index >= 15 is 0 Å². The second kappa shape index (κ2) is 8.34. The van der Waals surface area contributed by atoms with Gasteiger partial charge in [0.25, 0.3) is 5.91 Å². The van der Waals surface area contributed by atoms with Crippen LogP contribution in [0.3, 0.4) is 0 Å². The monoisotopic (exact) mass is 234 g/mol. The van der Waals surface area contributed by atoms with Crippen LogP contribution in [-0.2, 0) is 9.53 Å². The van der Waals surface area contributed by atoms with E-state index in [4.69, 9.17) is 10.6 Å². The zero-order valence-corrected chi connectivity index (χ0v) is 10.5. The number of nitrogens with two attached hydrogens (primary N) is 1. The zero-order valence-electron chi connectivity index (χ0n) is 10.5. The van der Waals surface area contributed by atoms with Crippen molar-refractivity contribution in [3.8, 4) is 11.8 Å². The largest absolute Gasteiger partial charge is 0.375 e. The minimum Gasteiger partial charge on any atom is -0.375 e. The van der Waals surface area contributed by atoms with E-state index in [1.807, 2.05) is 0 Å². The number of hydrazine groups is 1. The molecule has 0 fully saturated rings. The smallest absolute Gasteiger partial charge is 0.266 e. The lowest BCUT2D eigenvalue weighted by Crippen LogP contribution is -2.38. The van der Waals surface area contributed by atoms with Crippen molar-refractivity contribution in [3.63, 3.8) is 0 Å². The van der Waals surface area contributed by atoms with Gasteiger partial charge < -0.3 is 4.74 Å². The molecule has 0 saturated heterocycles. The predicted molar refractivity (Wildman–Crippen MR) is 68.4 cm³/mol. The molecule has 92 valence electrons. The molecule has 0 rings (SSSR count). The molecule has 0 heterocycles. The average Bonchev–Trinajstić information content (AvgIpc) is 2.29. The molecule has 0 aliphatic rings. The summed E-state index contributed by atoms with van der Waals surface area (Å²) >= 11 is 0. The van der Waals surface area contributed by atoms with Crippen LogP contribution in [0.5, 0.6) is 0 Å². The topological polar surface area (TPSA) is 55.6 Å². The Hall–Kier alpha value is -1.83. The third-order valence-electron chi connectivity index (χ3n) is 1.85. The number of carbonyl (C=O) groups is 1. The van der Waals surface area contributed by atoms with E-state index in [0.717, 1.165) is 10.6 Å². The van der Waals surface area contributed by atoms with Crippen LogP contribution < -0.4 is 5.84 Å². The molecule has 0 aliphatic carbocycles. The molecule has 0 spiro atoms. The van der Waals surface area contributed by atoms with Gasteiger partial charge in [0.05, 0.1) is 0 Å². The van der Waals surface area contributed by atoms with Gasteiger partial charge in [-0.15, -0.1) is 5.92 Å². The highest BCUT2D eigenvalue weighted by molar-refractivity contribution is 5.78. The van der Waals surface area contributed by atoms with Gasteiger partial charge in [0.15, 0.2) is 0 Å². The highest BCUT2D eigenvalue weighted by atomic mass is 16.5. The van der Waals surface area contributed by atoms with E-state index in [0.29, 0.717) is 5.70 Å². The van der Waals surface area contributed by atoms with Gasteiger partial charge in [0, 0.05) is 18.4 Å². The Morgan fingerprint density at radius 3 is 2.71 bits per heavy atom. The summed E-state index contributed by atoms with van der Waals surface area (Å²) in [6.07, 6.45) is 5.08. The number of carbonyl (C=O) groups excluding carboxylic acids is 1. The number of allylic oxidation sites excluding steroid dienone is 5. The van der Waals surface area contributed by atoms with Crippen molar-refractivity contribution >= 4 is 5.91 Å². The summed E-state index contributed by atoms with van der Waals surface area (Å²) in [4.78, 5) is 11.4. The molecular formula is C13H18N2O2. The van der Waals surface area contributed by atoms with Crippen LogP contribution in [0.4, 0.5) is 0 Å². The Morgan fingerprint density at radius 1 is 1.59 bits per heavy atom. The number of rotatable bonds is 5. The molecule has 0 aromatic rings.